The number of nitrogens with two attached hydrogens (primary N) is 2. The van der Waals surface area contributed by atoms with Crippen LogP contribution in [0.3, 0.4) is 0 Å². The first kappa shape index (κ1) is 17.0. The van der Waals surface area contributed by atoms with Gasteiger partial charge < -0.3 is 22.1 Å². The van der Waals surface area contributed by atoms with Crippen LogP contribution in [0, 0.1) is 0 Å². The van der Waals surface area contributed by atoms with Crippen LogP contribution in [0.2, 0.25) is 0 Å². The Balaban J connectivity index is 3.15. The molecule has 0 saturated heterocycles. The Morgan fingerprint density at radius 1 is 1.38 bits per heavy atom. The summed E-state index contributed by atoms with van der Waals surface area (Å²) in [6.45, 7) is 7.95. The van der Waals surface area contributed by atoms with E-state index in [4.69, 9.17) is 11.5 Å². The fourth-order valence-electron chi connectivity index (χ4n) is 1.88. The molecule has 21 heavy (non-hydrogen) atoms. The number of carbonyl (C=O) groups is 2. The molecule has 0 saturated carbocycles. The third-order valence-electron chi connectivity index (χ3n) is 3.13. The number of nitrogens with one attached hydrogen (secondary N) is 2. The van der Waals surface area contributed by atoms with Crippen LogP contribution in [-0.2, 0) is 0 Å². The number of hydrogen-bond acceptors (Lipinski definition) is 5. The molecule has 6 nitrogen and oxygen atoms in total. The summed E-state index contributed by atoms with van der Waals surface area (Å²) < 4.78 is 0. The molecule has 0 aliphatic heterocycles. The van der Waals surface area contributed by atoms with E-state index in [0.29, 0.717) is 16.4 Å². The summed E-state index contributed by atoms with van der Waals surface area (Å²) in [5.41, 5.74) is 11.6. The third-order valence-corrected chi connectivity index (χ3v) is 4.26. The number of hydrogen-bond donors (Lipinski definition) is 4. The molecule has 0 unspecified atom stereocenters. The molecule has 0 atom stereocenters. The van der Waals surface area contributed by atoms with Crippen LogP contribution in [-0.4, -0.2) is 24.4 Å². The summed E-state index contributed by atoms with van der Waals surface area (Å²) in [5, 5.41) is 6.43. The van der Waals surface area contributed by atoms with Crippen LogP contribution in [0.25, 0.3) is 0 Å². The Morgan fingerprint density at radius 2 is 2.00 bits per heavy atom. The molecule has 6 N–H and O–H groups in total. The van der Waals surface area contributed by atoms with Gasteiger partial charge in [0.05, 0.1) is 11.3 Å². The summed E-state index contributed by atoms with van der Waals surface area (Å²) in [5.74, 6) is -0.975. The van der Waals surface area contributed by atoms with Gasteiger partial charge in [0, 0.05) is 12.6 Å². The van der Waals surface area contributed by atoms with E-state index in [1.165, 1.54) is 0 Å². The Bertz CT molecular complexity index is 535. The van der Waals surface area contributed by atoms with E-state index in [0.717, 1.165) is 24.2 Å². The second kappa shape index (κ2) is 7.68. The third kappa shape index (κ3) is 3.98. The van der Waals surface area contributed by atoms with Crippen LogP contribution in [0.15, 0.2) is 12.7 Å². The minimum Gasteiger partial charge on any atom is -0.397 e. The first-order valence-corrected chi connectivity index (χ1v) is 7.65. The highest BCUT2D eigenvalue weighted by molar-refractivity contribution is 7.19. The monoisotopic (exact) mass is 310 g/mol. The zero-order chi connectivity index (χ0) is 16.0. The molecule has 0 fully saturated rings. The van der Waals surface area contributed by atoms with E-state index >= 15 is 0 Å². The Labute approximate surface area is 128 Å². The maximum Gasteiger partial charge on any atom is 0.263 e. The van der Waals surface area contributed by atoms with Gasteiger partial charge in [-0.2, -0.15) is 0 Å². The van der Waals surface area contributed by atoms with Crippen LogP contribution in [0.4, 0.5) is 10.7 Å². The average Bonchev–Trinajstić information content (AvgIpc) is 2.78. The Hall–Kier alpha value is -2.02. The second-order valence-electron chi connectivity index (χ2n) is 4.57. The highest BCUT2D eigenvalue weighted by Gasteiger charge is 2.24. The van der Waals surface area contributed by atoms with Crippen molar-refractivity contribution in [1.29, 1.82) is 0 Å². The van der Waals surface area contributed by atoms with Crippen molar-refractivity contribution in [3.05, 3.63) is 23.1 Å². The van der Waals surface area contributed by atoms with Crippen molar-refractivity contribution in [1.82, 2.24) is 5.32 Å². The van der Waals surface area contributed by atoms with Crippen molar-refractivity contribution in [3.8, 4) is 0 Å². The van der Waals surface area contributed by atoms with Gasteiger partial charge in [-0.15, -0.1) is 17.9 Å². The summed E-state index contributed by atoms with van der Waals surface area (Å²) in [7, 11) is 0. The summed E-state index contributed by atoms with van der Waals surface area (Å²) in [6.07, 6.45) is 3.36. The van der Waals surface area contributed by atoms with Crippen molar-refractivity contribution in [3.63, 3.8) is 0 Å². The zero-order valence-corrected chi connectivity index (χ0v) is 13.2. The fourth-order valence-corrected chi connectivity index (χ4v) is 3.00. The topological polar surface area (TPSA) is 110 Å². The van der Waals surface area contributed by atoms with Crippen LogP contribution in [0.1, 0.15) is 46.7 Å². The predicted molar refractivity (Wildman–Crippen MR) is 87.8 cm³/mol. The van der Waals surface area contributed by atoms with Crippen molar-refractivity contribution >= 4 is 33.8 Å². The van der Waals surface area contributed by atoms with Gasteiger partial charge in [0.15, 0.2) is 0 Å². The second-order valence-corrected chi connectivity index (χ2v) is 5.59. The fraction of sp³-hybridized carbons (Fsp3) is 0.429. The van der Waals surface area contributed by atoms with Crippen LogP contribution in [0.5, 0.6) is 0 Å². The smallest absolute Gasteiger partial charge is 0.263 e. The lowest BCUT2D eigenvalue weighted by Gasteiger charge is -2.15. The molecule has 0 bridgehead atoms. The van der Waals surface area contributed by atoms with Gasteiger partial charge in [0.1, 0.15) is 9.88 Å². The molecular formula is C14H22N4O2S. The van der Waals surface area contributed by atoms with Crippen molar-refractivity contribution in [2.75, 3.05) is 17.6 Å². The molecule has 0 spiro atoms. The number of amides is 2. The number of primary amides is 1. The minimum absolute atomic E-state index is 0.127. The van der Waals surface area contributed by atoms with Gasteiger partial charge in [-0.25, -0.2) is 0 Å². The largest absolute Gasteiger partial charge is 0.397 e. The van der Waals surface area contributed by atoms with Gasteiger partial charge in [0.2, 0.25) is 0 Å². The number of carbonyl (C=O) groups excluding carboxylic acids is 2. The van der Waals surface area contributed by atoms with E-state index < -0.39 is 5.91 Å². The molecule has 0 aromatic carbocycles. The average molecular weight is 310 g/mol. The van der Waals surface area contributed by atoms with E-state index in [1.54, 1.807) is 6.08 Å². The van der Waals surface area contributed by atoms with Crippen LogP contribution < -0.4 is 22.1 Å². The van der Waals surface area contributed by atoms with Crippen molar-refractivity contribution in [2.45, 2.75) is 32.7 Å². The SMILES string of the molecule is C=CCNC(=O)c1sc(NC(CC)CC)c(C(N)=O)c1N. The lowest BCUT2D eigenvalue weighted by atomic mass is 10.1. The Morgan fingerprint density at radius 3 is 2.48 bits per heavy atom. The van der Waals surface area contributed by atoms with E-state index in [-0.39, 0.29) is 23.2 Å². The maximum absolute atomic E-state index is 12.0. The molecule has 0 radical (unpaired) electrons. The van der Waals surface area contributed by atoms with Gasteiger partial charge in [-0.3, -0.25) is 9.59 Å². The molecule has 116 valence electrons. The number of rotatable bonds is 8. The molecule has 2 amide bonds. The van der Waals surface area contributed by atoms with E-state index in [1.807, 2.05) is 13.8 Å². The highest BCUT2D eigenvalue weighted by atomic mass is 32.1. The molecule has 1 aromatic heterocycles. The number of anilines is 2. The first-order valence-electron chi connectivity index (χ1n) is 6.83. The highest BCUT2D eigenvalue weighted by Crippen LogP contribution is 2.36. The van der Waals surface area contributed by atoms with Gasteiger partial charge in [-0.05, 0) is 12.8 Å². The van der Waals surface area contributed by atoms with Gasteiger partial charge in [0.25, 0.3) is 11.8 Å². The quantitative estimate of drug-likeness (QED) is 0.550. The van der Waals surface area contributed by atoms with Gasteiger partial charge in [-0.1, -0.05) is 19.9 Å². The molecule has 0 aliphatic carbocycles. The van der Waals surface area contributed by atoms with Crippen molar-refractivity contribution < 1.29 is 9.59 Å². The first-order chi connectivity index (χ1) is 9.96. The lowest BCUT2D eigenvalue weighted by Crippen LogP contribution is -2.23. The van der Waals surface area contributed by atoms with Crippen molar-refractivity contribution in [2.24, 2.45) is 5.73 Å². The minimum atomic E-state index is -0.639. The number of thiophene rings is 1. The van der Waals surface area contributed by atoms with E-state index in [2.05, 4.69) is 17.2 Å². The predicted octanol–water partition coefficient (Wildman–Crippen LogP) is 1.95. The summed E-state index contributed by atoms with van der Waals surface area (Å²) >= 11 is 1.15. The van der Waals surface area contributed by atoms with Crippen LogP contribution >= 0.6 is 11.3 Å². The standard InChI is InChI=1S/C14H22N4O2S/c1-4-7-17-13(20)11-10(15)9(12(16)19)14(21-11)18-8(5-2)6-3/h4,8,18H,1,5-7,15H2,2-3H3,(H2,16,19)(H,17,20). The lowest BCUT2D eigenvalue weighted by molar-refractivity contribution is 0.0962. The Kier molecular flexibility index (Phi) is 6.23. The number of nitrogen functional groups attached to an aromatic ring is 1. The zero-order valence-electron chi connectivity index (χ0n) is 12.4. The maximum atomic E-state index is 12.0. The van der Waals surface area contributed by atoms with Gasteiger partial charge >= 0.3 is 0 Å². The molecule has 1 heterocycles. The molecule has 0 aliphatic rings. The molecular weight excluding hydrogens is 288 g/mol. The molecule has 1 aromatic rings. The molecule has 7 heteroatoms. The molecule has 1 rings (SSSR count). The summed E-state index contributed by atoms with van der Waals surface area (Å²) in [4.78, 5) is 23.9. The summed E-state index contributed by atoms with van der Waals surface area (Å²) in [6, 6.07) is 0.199. The normalized spacial score (nSPS) is 10.4. The van der Waals surface area contributed by atoms with E-state index in [9.17, 15) is 9.59 Å².